The van der Waals surface area contributed by atoms with E-state index >= 15 is 0 Å². The molecular formula is C55H98O6. The summed E-state index contributed by atoms with van der Waals surface area (Å²) in [5.41, 5.74) is 0. The van der Waals surface area contributed by atoms with Crippen molar-refractivity contribution in [3.8, 4) is 0 Å². The number of unbranched alkanes of at least 4 members (excludes halogenated alkanes) is 28. The van der Waals surface area contributed by atoms with E-state index in [1.165, 1.54) is 128 Å². The van der Waals surface area contributed by atoms with Gasteiger partial charge in [-0.25, -0.2) is 0 Å². The average Bonchev–Trinajstić information content (AvgIpc) is 3.26. The van der Waals surface area contributed by atoms with Crippen molar-refractivity contribution in [1.29, 1.82) is 0 Å². The fourth-order valence-electron chi connectivity index (χ4n) is 7.39. The molecule has 6 nitrogen and oxygen atoms in total. The third-order valence-electron chi connectivity index (χ3n) is 11.3. The van der Waals surface area contributed by atoms with Crippen LogP contribution < -0.4 is 0 Å². The molecule has 0 radical (unpaired) electrons. The van der Waals surface area contributed by atoms with Gasteiger partial charge in [-0.15, -0.1) is 0 Å². The smallest absolute Gasteiger partial charge is 0.306 e. The molecule has 1 atom stereocenters. The molecule has 0 aliphatic carbocycles. The predicted molar refractivity (Wildman–Crippen MR) is 261 cm³/mol. The van der Waals surface area contributed by atoms with Crippen LogP contribution in [0.25, 0.3) is 0 Å². The van der Waals surface area contributed by atoms with E-state index in [-0.39, 0.29) is 31.1 Å². The minimum Gasteiger partial charge on any atom is -0.462 e. The number of carbonyl (C=O) groups is 3. The van der Waals surface area contributed by atoms with Crippen molar-refractivity contribution < 1.29 is 28.6 Å². The summed E-state index contributed by atoms with van der Waals surface area (Å²) in [6.45, 7) is 6.51. The third kappa shape index (κ3) is 48.3. The Bertz CT molecular complexity index is 1070. The van der Waals surface area contributed by atoms with Gasteiger partial charge in [0, 0.05) is 19.3 Å². The van der Waals surface area contributed by atoms with Gasteiger partial charge >= 0.3 is 17.9 Å². The number of rotatable bonds is 47. The van der Waals surface area contributed by atoms with Crippen LogP contribution in [-0.2, 0) is 28.6 Å². The van der Waals surface area contributed by atoms with Gasteiger partial charge in [-0.1, -0.05) is 217 Å². The van der Waals surface area contributed by atoms with Gasteiger partial charge < -0.3 is 14.2 Å². The first-order valence-electron chi connectivity index (χ1n) is 26.1. The summed E-state index contributed by atoms with van der Waals surface area (Å²) in [4.78, 5) is 38.0. The molecule has 0 rings (SSSR count). The molecule has 0 spiro atoms. The molecule has 0 saturated carbocycles. The Hall–Kier alpha value is -2.63. The lowest BCUT2D eigenvalue weighted by molar-refractivity contribution is -0.167. The summed E-state index contributed by atoms with van der Waals surface area (Å²) in [6.07, 6.45) is 59.4. The molecule has 0 aromatic carbocycles. The minimum atomic E-state index is -0.778. The lowest BCUT2D eigenvalue weighted by atomic mass is 10.0. The van der Waals surface area contributed by atoms with Gasteiger partial charge in [-0.3, -0.25) is 14.4 Å². The van der Waals surface area contributed by atoms with Crippen molar-refractivity contribution >= 4 is 17.9 Å². The molecule has 0 aromatic heterocycles. The van der Waals surface area contributed by atoms with Crippen molar-refractivity contribution in [3.63, 3.8) is 0 Å². The fraction of sp³-hybridized carbons (Fsp3) is 0.800. The maximum Gasteiger partial charge on any atom is 0.306 e. The second-order valence-electron chi connectivity index (χ2n) is 17.4. The van der Waals surface area contributed by atoms with Gasteiger partial charge in [0.2, 0.25) is 0 Å². The van der Waals surface area contributed by atoms with Crippen LogP contribution in [0.5, 0.6) is 0 Å². The van der Waals surface area contributed by atoms with Crippen molar-refractivity contribution in [2.24, 2.45) is 0 Å². The molecule has 0 heterocycles. The Morgan fingerprint density at radius 1 is 0.344 bits per heavy atom. The van der Waals surface area contributed by atoms with Gasteiger partial charge in [-0.2, -0.15) is 0 Å². The highest BCUT2D eigenvalue weighted by atomic mass is 16.6. The summed E-state index contributed by atoms with van der Waals surface area (Å²) in [5, 5.41) is 0. The molecule has 0 unspecified atom stereocenters. The first-order chi connectivity index (χ1) is 30.0. The van der Waals surface area contributed by atoms with E-state index in [1.807, 2.05) is 0 Å². The Balaban J connectivity index is 4.38. The fourth-order valence-corrected chi connectivity index (χ4v) is 7.39. The maximum absolute atomic E-state index is 12.8. The molecule has 0 amide bonds. The first-order valence-corrected chi connectivity index (χ1v) is 26.1. The standard InChI is InChI=1S/C55H98O6/c1-4-7-10-13-16-19-22-25-27-30-32-35-38-41-44-47-53(56)59-50-52(61-55(58)49-46-43-40-37-34-29-24-21-18-15-12-9-6-3)51-60-54(57)48-45-42-39-36-33-31-28-26-23-20-17-14-11-8-5-2/h7,10,16,19-20,23,25,27,52H,4-6,8-9,11-15,17-18,21-22,24,26,28-51H2,1-3H3/t52-/m0/s1. The van der Waals surface area contributed by atoms with Gasteiger partial charge in [0.15, 0.2) is 6.10 Å². The van der Waals surface area contributed by atoms with E-state index in [0.29, 0.717) is 19.3 Å². The van der Waals surface area contributed by atoms with Crippen LogP contribution in [0, 0.1) is 0 Å². The highest BCUT2D eigenvalue weighted by molar-refractivity contribution is 5.71. The normalized spacial score (nSPS) is 12.4. The van der Waals surface area contributed by atoms with Crippen LogP contribution in [0.3, 0.4) is 0 Å². The zero-order valence-corrected chi connectivity index (χ0v) is 40.4. The molecule has 0 fully saturated rings. The monoisotopic (exact) mass is 855 g/mol. The molecule has 354 valence electrons. The molecule has 0 N–H and O–H groups in total. The van der Waals surface area contributed by atoms with Crippen LogP contribution in [-0.4, -0.2) is 37.2 Å². The van der Waals surface area contributed by atoms with Crippen molar-refractivity contribution in [3.05, 3.63) is 48.6 Å². The Morgan fingerprint density at radius 2 is 0.639 bits per heavy atom. The number of carbonyl (C=O) groups excluding carboxylic acids is 3. The number of ether oxygens (including phenoxy) is 3. The second kappa shape index (κ2) is 50.0. The van der Waals surface area contributed by atoms with Crippen molar-refractivity contribution in [2.75, 3.05) is 13.2 Å². The summed E-state index contributed by atoms with van der Waals surface area (Å²) in [6, 6.07) is 0. The zero-order valence-electron chi connectivity index (χ0n) is 40.4. The summed E-state index contributed by atoms with van der Waals surface area (Å²) >= 11 is 0. The molecule has 0 aliphatic rings. The van der Waals surface area contributed by atoms with Crippen LogP contribution in [0.2, 0.25) is 0 Å². The summed E-state index contributed by atoms with van der Waals surface area (Å²) < 4.78 is 16.8. The first kappa shape index (κ1) is 58.4. The molecule has 0 bridgehead atoms. The number of esters is 3. The van der Waals surface area contributed by atoms with Crippen molar-refractivity contribution in [1.82, 2.24) is 0 Å². The molecule has 0 aromatic rings. The Labute approximate surface area is 378 Å². The van der Waals surface area contributed by atoms with E-state index in [4.69, 9.17) is 14.2 Å². The van der Waals surface area contributed by atoms with Crippen LogP contribution in [0.4, 0.5) is 0 Å². The molecule has 6 heteroatoms. The predicted octanol–water partition coefficient (Wildman–Crippen LogP) is 17.1. The highest BCUT2D eigenvalue weighted by Crippen LogP contribution is 2.15. The zero-order chi connectivity index (χ0) is 44.4. The van der Waals surface area contributed by atoms with E-state index in [1.54, 1.807) is 0 Å². The topological polar surface area (TPSA) is 78.9 Å². The molecule has 0 saturated heterocycles. The molecule has 0 aliphatic heterocycles. The average molecular weight is 855 g/mol. The lowest BCUT2D eigenvalue weighted by Gasteiger charge is -2.18. The largest absolute Gasteiger partial charge is 0.462 e. The number of allylic oxidation sites excluding steroid dienone is 8. The number of hydrogen-bond donors (Lipinski definition) is 0. The highest BCUT2D eigenvalue weighted by Gasteiger charge is 2.19. The maximum atomic E-state index is 12.8. The third-order valence-corrected chi connectivity index (χ3v) is 11.3. The van der Waals surface area contributed by atoms with E-state index < -0.39 is 6.10 Å². The molecular weight excluding hydrogens is 757 g/mol. The quantitative estimate of drug-likeness (QED) is 0.0263. The van der Waals surface area contributed by atoms with E-state index in [9.17, 15) is 14.4 Å². The van der Waals surface area contributed by atoms with Gasteiger partial charge in [-0.05, 0) is 77.0 Å². The SMILES string of the molecule is CCC=CCC=CCC=CCCCCCCCC(=O)OC[C@@H](COC(=O)CCCCCCCCCC=CCCCCCC)OC(=O)CCCCCCCCCCCCCCC. The number of hydrogen-bond acceptors (Lipinski definition) is 6. The van der Waals surface area contributed by atoms with E-state index in [2.05, 4.69) is 69.4 Å². The van der Waals surface area contributed by atoms with Crippen molar-refractivity contribution in [2.45, 2.75) is 271 Å². The molecule has 61 heavy (non-hydrogen) atoms. The van der Waals surface area contributed by atoms with E-state index in [0.717, 1.165) is 96.3 Å². The lowest BCUT2D eigenvalue weighted by Crippen LogP contribution is -2.30. The van der Waals surface area contributed by atoms with Crippen LogP contribution in [0.1, 0.15) is 265 Å². The minimum absolute atomic E-state index is 0.0787. The van der Waals surface area contributed by atoms with Gasteiger partial charge in [0.25, 0.3) is 0 Å². The van der Waals surface area contributed by atoms with Gasteiger partial charge in [0.05, 0.1) is 0 Å². The Morgan fingerprint density at radius 3 is 1.03 bits per heavy atom. The summed E-state index contributed by atoms with van der Waals surface area (Å²) in [7, 11) is 0. The Kier molecular flexibility index (Phi) is 47.9. The van der Waals surface area contributed by atoms with Gasteiger partial charge in [0.1, 0.15) is 13.2 Å². The summed E-state index contributed by atoms with van der Waals surface area (Å²) in [5.74, 6) is -0.891. The van der Waals surface area contributed by atoms with Crippen LogP contribution in [0.15, 0.2) is 48.6 Å². The second-order valence-corrected chi connectivity index (χ2v) is 17.4. The van der Waals surface area contributed by atoms with Crippen LogP contribution >= 0.6 is 0 Å².